The summed E-state index contributed by atoms with van der Waals surface area (Å²) in [6.45, 7) is 6.34. The van der Waals surface area contributed by atoms with Gasteiger partial charge in [0.05, 0.1) is 5.69 Å². The van der Waals surface area contributed by atoms with Crippen LogP contribution in [0.15, 0.2) is 12.1 Å². The van der Waals surface area contributed by atoms with Gasteiger partial charge in [-0.3, -0.25) is 0 Å². The summed E-state index contributed by atoms with van der Waals surface area (Å²) in [5.41, 5.74) is 7.04. The zero-order valence-electron chi connectivity index (χ0n) is 11.2. The number of hydrogen-bond acceptors (Lipinski definition) is 3. The van der Waals surface area contributed by atoms with Crippen LogP contribution in [0.4, 0.5) is 0 Å². The summed E-state index contributed by atoms with van der Waals surface area (Å²) >= 11 is 8.13. The van der Waals surface area contributed by atoms with Gasteiger partial charge in [0.2, 0.25) is 0 Å². The molecule has 3 rings (SSSR count). The first-order valence-electron chi connectivity index (χ1n) is 6.27. The molecule has 0 radical (unpaired) electrons. The predicted octanol–water partition coefficient (Wildman–Crippen LogP) is 4.47. The number of halogens is 1. The molecular weight excluding hydrogens is 276 g/mol. The monoisotopic (exact) mass is 290 g/mol. The Morgan fingerprint density at radius 2 is 1.74 bits per heavy atom. The molecule has 0 saturated heterocycles. The average Bonchev–Trinajstić information content (AvgIpc) is 2.82. The molecule has 4 heteroatoms. The molecule has 0 amide bonds. The summed E-state index contributed by atoms with van der Waals surface area (Å²) in [5, 5.41) is 0.614. The van der Waals surface area contributed by atoms with E-state index in [1.807, 2.05) is 11.8 Å². The molecule has 1 aromatic heterocycles. The van der Waals surface area contributed by atoms with Crippen molar-refractivity contribution >= 4 is 23.4 Å². The summed E-state index contributed by atoms with van der Waals surface area (Å²) in [5.74, 6) is 2.63. The smallest absolute Gasteiger partial charge is 0.161 e. The van der Waals surface area contributed by atoms with Crippen LogP contribution in [0.25, 0.3) is 11.4 Å². The largest absolute Gasteiger partial charge is 0.232 e. The minimum atomic E-state index is 0.614. The highest BCUT2D eigenvalue weighted by Crippen LogP contribution is 2.35. The fourth-order valence-electron chi connectivity index (χ4n) is 2.33. The summed E-state index contributed by atoms with van der Waals surface area (Å²) in [6, 6.07) is 4.34. The van der Waals surface area contributed by atoms with Crippen LogP contribution in [0.2, 0.25) is 5.15 Å². The summed E-state index contributed by atoms with van der Waals surface area (Å²) < 4.78 is 0. The molecule has 2 nitrogen and oxygen atoms in total. The second-order valence-electron chi connectivity index (χ2n) is 5.01. The molecule has 1 aliphatic heterocycles. The summed E-state index contributed by atoms with van der Waals surface area (Å²) in [4.78, 5) is 9.19. The van der Waals surface area contributed by atoms with Crippen molar-refractivity contribution in [1.82, 2.24) is 9.97 Å². The SMILES string of the molecule is Cc1cc(C)c(-c2nc(Cl)c3c(n2)CSC3)cc1C. The Morgan fingerprint density at radius 1 is 1.00 bits per heavy atom. The van der Waals surface area contributed by atoms with Crippen LogP contribution in [0, 0.1) is 20.8 Å². The van der Waals surface area contributed by atoms with Gasteiger partial charge in [0.1, 0.15) is 5.15 Å². The van der Waals surface area contributed by atoms with Gasteiger partial charge in [-0.05, 0) is 43.5 Å². The minimum absolute atomic E-state index is 0.614. The molecule has 0 fully saturated rings. The Balaban J connectivity index is 2.18. The average molecular weight is 291 g/mol. The van der Waals surface area contributed by atoms with E-state index < -0.39 is 0 Å². The van der Waals surface area contributed by atoms with Crippen LogP contribution in [0.3, 0.4) is 0 Å². The van der Waals surface area contributed by atoms with Crippen LogP contribution >= 0.6 is 23.4 Å². The van der Waals surface area contributed by atoms with E-state index in [-0.39, 0.29) is 0 Å². The number of rotatable bonds is 1. The maximum atomic E-state index is 6.28. The van der Waals surface area contributed by atoms with Crippen LogP contribution < -0.4 is 0 Å². The van der Waals surface area contributed by atoms with Gasteiger partial charge in [-0.2, -0.15) is 11.8 Å². The van der Waals surface area contributed by atoms with Gasteiger partial charge >= 0.3 is 0 Å². The zero-order valence-corrected chi connectivity index (χ0v) is 12.8. The lowest BCUT2D eigenvalue weighted by Gasteiger charge is -2.10. The topological polar surface area (TPSA) is 25.8 Å². The molecule has 19 heavy (non-hydrogen) atoms. The summed E-state index contributed by atoms with van der Waals surface area (Å²) in [6.07, 6.45) is 0. The molecule has 1 aromatic carbocycles. The van der Waals surface area contributed by atoms with E-state index in [4.69, 9.17) is 16.6 Å². The fourth-order valence-corrected chi connectivity index (χ4v) is 3.71. The molecule has 0 unspecified atom stereocenters. The Kier molecular flexibility index (Phi) is 3.27. The molecule has 0 saturated carbocycles. The standard InChI is InChI=1S/C15H15ClN2S/c1-8-4-10(3)11(5-9(8)2)15-17-13-7-19-6-12(13)14(16)18-15/h4-5H,6-7H2,1-3H3. The molecule has 98 valence electrons. The highest BCUT2D eigenvalue weighted by atomic mass is 35.5. The number of aryl methyl sites for hydroxylation is 3. The predicted molar refractivity (Wildman–Crippen MR) is 81.7 cm³/mol. The van der Waals surface area contributed by atoms with Crippen molar-refractivity contribution in [2.24, 2.45) is 0 Å². The molecule has 1 aliphatic rings. The first-order chi connectivity index (χ1) is 9.06. The Bertz CT molecular complexity index is 668. The third-order valence-corrected chi connectivity index (χ3v) is 4.89. The number of benzene rings is 1. The van der Waals surface area contributed by atoms with Crippen LogP contribution in [-0.2, 0) is 11.5 Å². The van der Waals surface area contributed by atoms with Crippen molar-refractivity contribution in [1.29, 1.82) is 0 Å². The molecule has 2 heterocycles. The number of hydrogen-bond donors (Lipinski definition) is 0. The molecule has 0 atom stereocenters. The van der Waals surface area contributed by atoms with Gasteiger partial charge in [0, 0.05) is 22.6 Å². The van der Waals surface area contributed by atoms with E-state index in [1.165, 1.54) is 16.7 Å². The Hall–Kier alpha value is -1.06. The number of nitrogens with zero attached hydrogens (tertiary/aromatic N) is 2. The first-order valence-corrected chi connectivity index (χ1v) is 7.81. The van der Waals surface area contributed by atoms with E-state index in [0.29, 0.717) is 5.15 Å². The highest BCUT2D eigenvalue weighted by molar-refractivity contribution is 7.98. The minimum Gasteiger partial charge on any atom is -0.232 e. The van der Waals surface area contributed by atoms with E-state index in [9.17, 15) is 0 Å². The van der Waals surface area contributed by atoms with E-state index in [0.717, 1.165) is 34.2 Å². The molecule has 0 N–H and O–H groups in total. The van der Waals surface area contributed by atoms with Crippen molar-refractivity contribution in [3.8, 4) is 11.4 Å². The lowest BCUT2D eigenvalue weighted by Crippen LogP contribution is -1.99. The van der Waals surface area contributed by atoms with E-state index in [1.54, 1.807) is 0 Å². The number of fused-ring (bicyclic) bond motifs is 1. The normalized spacial score (nSPS) is 13.7. The van der Waals surface area contributed by atoms with E-state index in [2.05, 4.69) is 37.9 Å². The molecular formula is C15H15ClN2S. The van der Waals surface area contributed by atoms with Crippen LogP contribution in [0.1, 0.15) is 27.9 Å². The lowest BCUT2D eigenvalue weighted by molar-refractivity contribution is 1.07. The van der Waals surface area contributed by atoms with Crippen LogP contribution in [0.5, 0.6) is 0 Å². The van der Waals surface area contributed by atoms with Gasteiger partial charge < -0.3 is 0 Å². The Morgan fingerprint density at radius 3 is 2.53 bits per heavy atom. The van der Waals surface area contributed by atoms with Gasteiger partial charge in [-0.15, -0.1) is 0 Å². The van der Waals surface area contributed by atoms with Crippen molar-refractivity contribution in [3.63, 3.8) is 0 Å². The Labute approximate surface area is 122 Å². The summed E-state index contributed by atoms with van der Waals surface area (Å²) in [7, 11) is 0. The quantitative estimate of drug-likeness (QED) is 0.725. The van der Waals surface area contributed by atoms with Gasteiger partial charge in [0.25, 0.3) is 0 Å². The van der Waals surface area contributed by atoms with Crippen molar-refractivity contribution in [2.45, 2.75) is 32.3 Å². The van der Waals surface area contributed by atoms with Gasteiger partial charge in [-0.25, -0.2) is 9.97 Å². The zero-order chi connectivity index (χ0) is 13.6. The van der Waals surface area contributed by atoms with Gasteiger partial charge in [-0.1, -0.05) is 17.7 Å². The molecule has 2 aromatic rings. The fraction of sp³-hybridized carbons (Fsp3) is 0.333. The maximum Gasteiger partial charge on any atom is 0.161 e. The number of thioether (sulfide) groups is 1. The van der Waals surface area contributed by atoms with Crippen LogP contribution in [-0.4, -0.2) is 9.97 Å². The highest BCUT2D eigenvalue weighted by Gasteiger charge is 2.20. The van der Waals surface area contributed by atoms with Gasteiger partial charge in [0.15, 0.2) is 5.82 Å². The van der Waals surface area contributed by atoms with E-state index >= 15 is 0 Å². The molecule has 0 spiro atoms. The third-order valence-electron chi connectivity index (χ3n) is 3.61. The van der Waals surface area contributed by atoms with Crippen molar-refractivity contribution in [2.75, 3.05) is 0 Å². The molecule has 0 bridgehead atoms. The number of aromatic nitrogens is 2. The second-order valence-corrected chi connectivity index (χ2v) is 6.35. The maximum absolute atomic E-state index is 6.28. The lowest BCUT2D eigenvalue weighted by atomic mass is 10.0. The third kappa shape index (κ3) is 2.26. The second kappa shape index (κ2) is 4.80. The first kappa shape index (κ1) is 12.9. The molecule has 0 aliphatic carbocycles. The van der Waals surface area contributed by atoms with Crippen molar-refractivity contribution in [3.05, 3.63) is 45.2 Å². The van der Waals surface area contributed by atoms with Crippen molar-refractivity contribution < 1.29 is 0 Å².